The summed E-state index contributed by atoms with van der Waals surface area (Å²) in [6.07, 6.45) is 6.08. The largest absolute Gasteiger partial charge is 0.399 e. The van der Waals surface area contributed by atoms with Crippen LogP contribution in [-0.4, -0.2) is 119 Å². The molecule has 1 rings (SSSR count). The molecular weight excluding hydrogens is 546 g/mol. The van der Waals surface area contributed by atoms with Gasteiger partial charge in [-0.05, 0) is 40.0 Å². The first-order valence-corrected chi connectivity index (χ1v) is 15.5. The number of hydrogen-bond donors (Lipinski definition) is 5. The van der Waals surface area contributed by atoms with Crippen LogP contribution in [0, 0.1) is 0 Å². The fraction of sp³-hybridized carbons (Fsp3) is 0.900. The van der Waals surface area contributed by atoms with Crippen LogP contribution in [0.5, 0.6) is 0 Å². The van der Waals surface area contributed by atoms with E-state index in [-0.39, 0.29) is 12.5 Å². The molecule has 0 unspecified atom stereocenters. The summed E-state index contributed by atoms with van der Waals surface area (Å²) in [6, 6.07) is 0. The van der Waals surface area contributed by atoms with Crippen LogP contribution in [0.1, 0.15) is 72.6 Å². The molecule has 0 bridgehead atoms. The van der Waals surface area contributed by atoms with E-state index in [2.05, 4.69) is 17.6 Å². The molecule has 0 spiro atoms. The second kappa shape index (κ2) is 22.9. The molecule has 0 aromatic rings. The van der Waals surface area contributed by atoms with Crippen LogP contribution in [-0.2, 0) is 33.2 Å². The maximum absolute atomic E-state index is 11.9. The number of aliphatic hydroxyl groups is 2. The normalized spacial score (nSPS) is 21.4. The Bertz CT molecular complexity index is 726. The quantitative estimate of drug-likeness (QED) is 0.0911. The summed E-state index contributed by atoms with van der Waals surface area (Å²) in [5.41, 5.74) is 5.32. The maximum atomic E-state index is 11.9. The number of nitrogens with one attached hydrogen (secondary N) is 2. The first kappa shape index (κ1) is 38.5. The average molecular weight is 606 g/mol. The lowest BCUT2D eigenvalue weighted by Gasteiger charge is -2.40. The number of aliphatic hydroxyl groups excluding tert-OH is 2. The average Bonchev–Trinajstić information content (AvgIpc) is 2.95. The van der Waals surface area contributed by atoms with Crippen molar-refractivity contribution in [1.29, 1.82) is 0 Å². The van der Waals surface area contributed by atoms with Gasteiger partial charge in [0.25, 0.3) is 0 Å². The van der Waals surface area contributed by atoms with Crippen LogP contribution in [0.3, 0.4) is 0 Å². The number of hydrogen-bond acceptors (Lipinski definition) is 11. The van der Waals surface area contributed by atoms with E-state index in [4.69, 9.17) is 34.2 Å². The Balaban J connectivity index is 1.92. The number of amides is 1. The lowest BCUT2D eigenvalue weighted by molar-refractivity contribution is -0.210. The molecule has 1 amide bonds. The van der Waals surface area contributed by atoms with Gasteiger partial charge < -0.3 is 55.0 Å². The van der Waals surface area contributed by atoms with Gasteiger partial charge >= 0.3 is 0 Å². The molecule has 248 valence electrons. The standard InChI is InChI=1S/C30H59N3O9/c1-5-6-7-8-9-27(35)33-12-11-29(2,3)42-23-25(31)22-32-13-15-37-16-17-38-18-19-39-20-21-40-24-30(4)28(36)26(34)10-14-41-30/h22,26,28,32,34,36H,5-21,23-24,31H2,1-4H3,(H,33,35)/b25-22-/t26-,28-,30-/m1/s1. The predicted molar refractivity (Wildman–Crippen MR) is 161 cm³/mol. The SMILES string of the molecule is CCCCCCC(=O)NCCC(C)(C)OC/C(N)=C/NCCOCCOCCOCCOC[C@@]1(C)OCC[C@@H](O)[C@H]1O. The van der Waals surface area contributed by atoms with E-state index < -0.39 is 23.4 Å². The topological polar surface area (TPSA) is 163 Å². The molecule has 0 radical (unpaired) electrons. The summed E-state index contributed by atoms with van der Waals surface area (Å²) in [7, 11) is 0. The molecule has 12 heteroatoms. The maximum Gasteiger partial charge on any atom is 0.219 e. The zero-order valence-electron chi connectivity index (χ0n) is 26.5. The summed E-state index contributed by atoms with van der Waals surface area (Å²) >= 11 is 0. The van der Waals surface area contributed by atoms with E-state index in [0.717, 1.165) is 12.8 Å². The minimum Gasteiger partial charge on any atom is -0.399 e. The van der Waals surface area contributed by atoms with E-state index in [1.54, 1.807) is 13.1 Å². The molecule has 0 aromatic heterocycles. The Morgan fingerprint density at radius 1 is 1.00 bits per heavy atom. The first-order chi connectivity index (χ1) is 20.1. The second-order valence-electron chi connectivity index (χ2n) is 11.5. The molecule has 1 aliphatic heterocycles. The van der Waals surface area contributed by atoms with Crippen molar-refractivity contribution in [1.82, 2.24) is 10.6 Å². The molecule has 1 aliphatic rings. The highest BCUT2D eigenvalue weighted by molar-refractivity contribution is 5.75. The van der Waals surface area contributed by atoms with E-state index in [0.29, 0.717) is 97.5 Å². The Kier molecular flexibility index (Phi) is 21.0. The summed E-state index contributed by atoms with van der Waals surface area (Å²) < 4.78 is 33.6. The predicted octanol–water partition coefficient (Wildman–Crippen LogP) is 1.62. The molecule has 12 nitrogen and oxygen atoms in total. The molecule has 0 saturated carbocycles. The first-order valence-electron chi connectivity index (χ1n) is 15.5. The number of carbonyl (C=O) groups is 1. The Hall–Kier alpha value is -1.51. The Labute approximate surface area is 252 Å². The van der Waals surface area contributed by atoms with Crippen molar-refractivity contribution < 1.29 is 43.4 Å². The smallest absolute Gasteiger partial charge is 0.219 e. The zero-order chi connectivity index (χ0) is 31.1. The monoisotopic (exact) mass is 605 g/mol. The second-order valence-corrected chi connectivity index (χ2v) is 11.5. The highest BCUT2D eigenvalue weighted by Crippen LogP contribution is 2.25. The Morgan fingerprint density at radius 3 is 2.31 bits per heavy atom. The van der Waals surface area contributed by atoms with Crippen LogP contribution < -0.4 is 16.4 Å². The van der Waals surface area contributed by atoms with Crippen molar-refractivity contribution in [2.75, 3.05) is 79.2 Å². The van der Waals surface area contributed by atoms with E-state index in [1.165, 1.54) is 12.8 Å². The van der Waals surface area contributed by atoms with Crippen LogP contribution in [0.2, 0.25) is 0 Å². The third-order valence-corrected chi connectivity index (χ3v) is 6.95. The van der Waals surface area contributed by atoms with Crippen molar-refractivity contribution in [3.63, 3.8) is 0 Å². The molecule has 1 heterocycles. The minimum absolute atomic E-state index is 0.104. The Morgan fingerprint density at radius 2 is 1.64 bits per heavy atom. The van der Waals surface area contributed by atoms with Crippen LogP contribution in [0.25, 0.3) is 0 Å². The molecule has 6 N–H and O–H groups in total. The summed E-state index contributed by atoms with van der Waals surface area (Å²) in [4.78, 5) is 11.9. The van der Waals surface area contributed by atoms with Crippen LogP contribution >= 0.6 is 0 Å². The zero-order valence-corrected chi connectivity index (χ0v) is 26.5. The van der Waals surface area contributed by atoms with Gasteiger partial charge in [0.05, 0.1) is 83.5 Å². The summed E-state index contributed by atoms with van der Waals surface area (Å²) in [5.74, 6) is 0.104. The number of unbranched alkanes of at least 4 members (excludes halogenated alkanes) is 3. The van der Waals surface area contributed by atoms with E-state index >= 15 is 0 Å². The number of ether oxygens (including phenoxy) is 6. The van der Waals surface area contributed by atoms with E-state index in [9.17, 15) is 15.0 Å². The molecule has 0 aliphatic carbocycles. The fourth-order valence-electron chi connectivity index (χ4n) is 4.16. The van der Waals surface area contributed by atoms with Crippen molar-refractivity contribution in [2.45, 2.75) is 96.1 Å². The van der Waals surface area contributed by atoms with Gasteiger partial charge in [-0.3, -0.25) is 4.79 Å². The van der Waals surface area contributed by atoms with Gasteiger partial charge in [-0.1, -0.05) is 26.2 Å². The number of carbonyl (C=O) groups excluding carboxylic acids is 1. The molecule has 3 atom stereocenters. The summed E-state index contributed by atoms with van der Waals surface area (Å²) in [5, 5.41) is 26.0. The highest BCUT2D eigenvalue weighted by Gasteiger charge is 2.42. The highest BCUT2D eigenvalue weighted by atomic mass is 16.6. The third-order valence-electron chi connectivity index (χ3n) is 6.95. The van der Waals surface area contributed by atoms with Gasteiger partial charge in [0, 0.05) is 25.7 Å². The van der Waals surface area contributed by atoms with Gasteiger partial charge in [-0.2, -0.15) is 0 Å². The van der Waals surface area contributed by atoms with Gasteiger partial charge in [0.15, 0.2) is 0 Å². The number of rotatable bonds is 26. The molecule has 1 saturated heterocycles. The molecule has 1 fully saturated rings. The fourth-order valence-corrected chi connectivity index (χ4v) is 4.16. The van der Waals surface area contributed by atoms with Gasteiger partial charge in [-0.15, -0.1) is 0 Å². The van der Waals surface area contributed by atoms with Gasteiger partial charge in [0.1, 0.15) is 11.7 Å². The molecule has 0 aromatic carbocycles. The van der Waals surface area contributed by atoms with Crippen molar-refractivity contribution in [2.24, 2.45) is 5.73 Å². The lowest BCUT2D eigenvalue weighted by Crippen LogP contribution is -2.56. The van der Waals surface area contributed by atoms with Gasteiger partial charge in [-0.25, -0.2) is 0 Å². The van der Waals surface area contributed by atoms with Crippen molar-refractivity contribution in [3.8, 4) is 0 Å². The molecule has 42 heavy (non-hydrogen) atoms. The van der Waals surface area contributed by atoms with Gasteiger partial charge in [0.2, 0.25) is 5.91 Å². The minimum atomic E-state index is -0.965. The molecular formula is C30H59N3O9. The van der Waals surface area contributed by atoms with Crippen molar-refractivity contribution in [3.05, 3.63) is 11.9 Å². The lowest BCUT2D eigenvalue weighted by atomic mass is 9.91. The third kappa shape index (κ3) is 18.9. The van der Waals surface area contributed by atoms with Crippen LogP contribution in [0.15, 0.2) is 11.9 Å². The number of nitrogens with two attached hydrogens (primary N) is 1. The van der Waals surface area contributed by atoms with E-state index in [1.807, 2.05) is 13.8 Å². The van der Waals surface area contributed by atoms with Crippen molar-refractivity contribution >= 4 is 5.91 Å². The summed E-state index contributed by atoms with van der Waals surface area (Å²) in [6.45, 7) is 13.1. The van der Waals surface area contributed by atoms with Crippen LogP contribution in [0.4, 0.5) is 0 Å².